The maximum atomic E-state index is 13.9. The molecule has 38 heavy (non-hydrogen) atoms. The van der Waals surface area contributed by atoms with Crippen molar-refractivity contribution in [3.8, 4) is 6.07 Å². The number of nitrogens with zero attached hydrogens (tertiary/aromatic N) is 4. The highest BCUT2D eigenvalue weighted by Gasteiger charge is 2.69. The molecule has 2 aromatic rings. The van der Waals surface area contributed by atoms with Crippen molar-refractivity contribution >= 4 is 28.6 Å². The molecule has 1 saturated heterocycles. The van der Waals surface area contributed by atoms with Gasteiger partial charge in [-0.1, -0.05) is 34.6 Å². The summed E-state index contributed by atoms with van der Waals surface area (Å²) in [5, 5.41) is 26.4. The normalized spacial score (nSPS) is 23.7. The van der Waals surface area contributed by atoms with Gasteiger partial charge in [-0.25, -0.2) is 0 Å². The third kappa shape index (κ3) is 4.83. The monoisotopic (exact) mass is 520 g/mol. The minimum atomic E-state index is -1.67. The fourth-order valence-electron chi connectivity index (χ4n) is 5.58. The van der Waals surface area contributed by atoms with Gasteiger partial charge in [0.1, 0.15) is 23.7 Å². The fraction of sp³-hybridized carbons (Fsp3) is 0.571. The summed E-state index contributed by atoms with van der Waals surface area (Å²) < 4.78 is 0. The number of likely N-dealkylation sites (tertiary alicyclic amines) is 1. The highest BCUT2D eigenvalue weighted by molar-refractivity contribution is 5.95. The average Bonchev–Trinajstić information content (AvgIpc) is 3.16. The Kier molecular flexibility index (Phi) is 6.73. The summed E-state index contributed by atoms with van der Waals surface area (Å²) in [5.74, 6) is -1.45. The Bertz CT molecular complexity index is 1310. The van der Waals surface area contributed by atoms with Crippen LogP contribution in [0.2, 0.25) is 0 Å². The first kappa shape index (κ1) is 27.5. The van der Waals surface area contributed by atoms with E-state index in [1.54, 1.807) is 18.5 Å². The van der Waals surface area contributed by atoms with Crippen LogP contribution in [0.3, 0.4) is 0 Å². The van der Waals surface area contributed by atoms with Gasteiger partial charge >= 0.3 is 0 Å². The molecule has 2 fully saturated rings. The molecule has 3 N–H and O–H groups in total. The second kappa shape index (κ2) is 9.31. The van der Waals surface area contributed by atoms with Gasteiger partial charge in [-0.3, -0.25) is 24.4 Å². The second-order valence-corrected chi connectivity index (χ2v) is 12.6. The first-order chi connectivity index (χ1) is 17.6. The zero-order valence-electron chi connectivity index (χ0n) is 22.9. The summed E-state index contributed by atoms with van der Waals surface area (Å²) in [4.78, 5) is 50.4. The molecule has 1 aliphatic carbocycles. The van der Waals surface area contributed by atoms with E-state index in [0.29, 0.717) is 17.6 Å². The number of aromatic nitrogens is 2. The van der Waals surface area contributed by atoms with Gasteiger partial charge in [-0.15, -0.1) is 0 Å². The van der Waals surface area contributed by atoms with Crippen molar-refractivity contribution in [3.63, 3.8) is 0 Å². The van der Waals surface area contributed by atoms with Crippen molar-refractivity contribution in [1.82, 2.24) is 25.5 Å². The molecule has 202 valence electrons. The summed E-state index contributed by atoms with van der Waals surface area (Å²) in [7, 11) is 0. The van der Waals surface area contributed by atoms with Gasteiger partial charge in [0.05, 0.1) is 11.6 Å². The maximum Gasteiger partial charge on any atom is 0.252 e. The van der Waals surface area contributed by atoms with Crippen molar-refractivity contribution in [1.29, 1.82) is 5.26 Å². The quantitative estimate of drug-likeness (QED) is 0.528. The number of aliphatic hydroxyl groups is 1. The third-order valence-corrected chi connectivity index (χ3v) is 7.97. The van der Waals surface area contributed by atoms with E-state index in [1.165, 1.54) is 24.9 Å². The van der Waals surface area contributed by atoms with Crippen LogP contribution in [-0.4, -0.2) is 61.9 Å². The zero-order valence-corrected chi connectivity index (χ0v) is 22.9. The Hall–Kier alpha value is -3.58. The summed E-state index contributed by atoms with van der Waals surface area (Å²) in [6.07, 6.45) is 4.78. The number of amides is 3. The molecule has 4 rings (SSSR count). The Morgan fingerprint density at radius 3 is 2.47 bits per heavy atom. The van der Waals surface area contributed by atoms with Crippen LogP contribution in [-0.2, 0) is 14.4 Å². The number of carbonyl (C=O) groups is 3. The molecule has 0 bridgehead atoms. The number of pyridine rings is 2. The summed E-state index contributed by atoms with van der Waals surface area (Å²) in [5.41, 5.74) is -1.45. The van der Waals surface area contributed by atoms with E-state index in [0.717, 1.165) is 5.39 Å². The smallest absolute Gasteiger partial charge is 0.252 e. The first-order valence-electron chi connectivity index (χ1n) is 12.8. The fourth-order valence-corrected chi connectivity index (χ4v) is 5.58. The SMILES string of the molecule is CC(C)(O)C(=O)N[C@H](C(=O)N1C[C@H]2[C@@H]([C@H]1C(=O)NC(C#N)c1cncc3cccnc13)C2(C)C)C(C)(C)C. The summed E-state index contributed by atoms with van der Waals surface area (Å²) >= 11 is 0. The van der Waals surface area contributed by atoms with Gasteiger partial charge in [-0.2, -0.15) is 5.26 Å². The highest BCUT2D eigenvalue weighted by atomic mass is 16.3. The molecule has 1 aliphatic heterocycles. The Balaban J connectivity index is 1.63. The van der Waals surface area contributed by atoms with Crippen molar-refractivity contribution in [2.75, 3.05) is 6.54 Å². The number of nitrogens with one attached hydrogen (secondary N) is 2. The van der Waals surface area contributed by atoms with Gasteiger partial charge in [0, 0.05) is 36.1 Å². The predicted molar refractivity (Wildman–Crippen MR) is 140 cm³/mol. The lowest BCUT2D eigenvalue weighted by atomic mass is 9.84. The number of fused-ring (bicyclic) bond motifs is 2. The van der Waals surface area contributed by atoms with Crippen LogP contribution < -0.4 is 10.6 Å². The standard InChI is InChI=1S/C28H36N6O4/c1-26(2,3)22(33-25(37)28(6,7)38)24(36)34-14-17-19(27(17,4)5)21(34)23(35)32-18(11-29)16-13-30-12-15-9-8-10-31-20(15)16/h8-10,12-13,17-19,21-22,38H,14H2,1-7H3,(H,32,35)(H,33,37)/t17-,18?,19-,21-,22+/m0/s1. The van der Waals surface area contributed by atoms with Crippen LogP contribution in [0, 0.1) is 34.0 Å². The van der Waals surface area contributed by atoms with E-state index in [4.69, 9.17) is 0 Å². The zero-order chi connectivity index (χ0) is 28.2. The van der Waals surface area contributed by atoms with Gasteiger partial charge < -0.3 is 20.6 Å². The molecule has 3 amide bonds. The van der Waals surface area contributed by atoms with E-state index in [2.05, 4.69) is 40.5 Å². The third-order valence-electron chi connectivity index (χ3n) is 7.97. The lowest BCUT2D eigenvalue weighted by Crippen LogP contribution is -2.61. The Morgan fingerprint density at radius 1 is 1.18 bits per heavy atom. The lowest BCUT2D eigenvalue weighted by Gasteiger charge is -2.38. The second-order valence-electron chi connectivity index (χ2n) is 12.6. The molecule has 10 nitrogen and oxygen atoms in total. The van der Waals surface area contributed by atoms with Gasteiger partial charge in [0.25, 0.3) is 5.91 Å². The topological polar surface area (TPSA) is 148 Å². The number of hydrogen-bond donors (Lipinski definition) is 3. The van der Waals surface area contributed by atoms with Crippen LogP contribution in [0.1, 0.15) is 60.1 Å². The number of carbonyl (C=O) groups excluding carboxylic acids is 3. The molecular weight excluding hydrogens is 484 g/mol. The lowest BCUT2D eigenvalue weighted by molar-refractivity contribution is -0.148. The Labute approximate surface area is 222 Å². The van der Waals surface area contributed by atoms with E-state index < -0.39 is 41.0 Å². The largest absolute Gasteiger partial charge is 0.381 e. The molecule has 2 aromatic heterocycles. The van der Waals surface area contributed by atoms with Crippen molar-refractivity contribution in [2.45, 2.75) is 72.2 Å². The molecule has 5 atom stereocenters. The van der Waals surface area contributed by atoms with Crippen LogP contribution in [0.15, 0.2) is 30.7 Å². The highest BCUT2D eigenvalue weighted by Crippen LogP contribution is 2.65. The minimum Gasteiger partial charge on any atom is -0.381 e. The number of piperidine rings is 1. The van der Waals surface area contributed by atoms with Gasteiger partial charge in [0.15, 0.2) is 0 Å². The van der Waals surface area contributed by atoms with E-state index in [-0.39, 0.29) is 23.2 Å². The first-order valence-corrected chi connectivity index (χ1v) is 12.8. The van der Waals surface area contributed by atoms with Crippen LogP contribution in [0.4, 0.5) is 0 Å². The molecule has 0 aromatic carbocycles. The van der Waals surface area contributed by atoms with Crippen molar-refractivity contribution in [3.05, 3.63) is 36.3 Å². The van der Waals surface area contributed by atoms with E-state index >= 15 is 0 Å². The number of hydrogen-bond acceptors (Lipinski definition) is 7. The van der Waals surface area contributed by atoms with Crippen LogP contribution in [0.25, 0.3) is 10.9 Å². The minimum absolute atomic E-state index is 0.0832. The van der Waals surface area contributed by atoms with Gasteiger partial charge in [-0.05, 0) is 48.6 Å². The molecule has 3 heterocycles. The predicted octanol–water partition coefficient (Wildman–Crippen LogP) is 2.10. The number of nitriles is 1. The van der Waals surface area contributed by atoms with Crippen molar-refractivity contribution < 1.29 is 19.5 Å². The molecule has 1 saturated carbocycles. The summed E-state index contributed by atoms with van der Waals surface area (Å²) in [6.45, 7) is 12.7. The van der Waals surface area contributed by atoms with Crippen molar-refractivity contribution in [2.24, 2.45) is 22.7 Å². The van der Waals surface area contributed by atoms with Gasteiger partial charge in [0.2, 0.25) is 11.8 Å². The molecule has 0 radical (unpaired) electrons. The summed E-state index contributed by atoms with van der Waals surface area (Å²) in [6, 6.07) is 2.97. The molecular formula is C28H36N6O4. The average molecular weight is 521 g/mol. The van der Waals surface area contributed by atoms with E-state index in [1.807, 2.05) is 26.8 Å². The maximum absolute atomic E-state index is 13.9. The van der Waals surface area contributed by atoms with Crippen LogP contribution in [0.5, 0.6) is 0 Å². The number of rotatable bonds is 6. The molecule has 2 aliphatic rings. The Morgan fingerprint density at radius 2 is 1.87 bits per heavy atom. The van der Waals surface area contributed by atoms with E-state index in [9.17, 15) is 24.8 Å². The molecule has 10 heteroatoms. The van der Waals surface area contributed by atoms with Crippen LogP contribution >= 0.6 is 0 Å². The molecule has 0 spiro atoms. The molecule has 1 unspecified atom stereocenters.